The predicted molar refractivity (Wildman–Crippen MR) is 165 cm³/mol. The molecule has 6 rings (SSSR count). The van der Waals surface area contributed by atoms with Gasteiger partial charge in [0.1, 0.15) is 28.5 Å². The van der Waals surface area contributed by atoms with Gasteiger partial charge < -0.3 is 19.5 Å². The molecule has 1 N–H and O–H groups in total. The molecule has 0 radical (unpaired) electrons. The van der Waals surface area contributed by atoms with E-state index in [1.54, 1.807) is 23.2 Å². The average Bonchev–Trinajstić information content (AvgIpc) is 3.46. The highest BCUT2D eigenvalue weighted by Gasteiger charge is 2.36. The average molecular weight is 605 g/mol. The molecule has 0 bridgehead atoms. The normalized spacial score (nSPS) is 19.8. The molecule has 0 saturated carbocycles. The highest BCUT2D eigenvalue weighted by atomic mass is 19.1. The standard InChI is InChI=1S/C32H38F2N8O2/c1-18-16-40(17-19(2)41(18)30(43)44-31(3,4)5)21-8-9-25(35-14-21)37-29-36-15-23(34)27(39-29)20-12-22(33)28-24(13-20)42-26(38-28)10-11-32(42,6)7/h8-9,12-15,18-19H,10-11,16-17H2,1-7H3,(H,35,36,37,39). The third-order valence-corrected chi connectivity index (χ3v) is 8.24. The second-order valence-electron chi connectivity index (χ2n) is 13.4. The van der Waals surface area contributed by atoms with Crippen molar-refractivity contribution < 1.29 is 18.3 Å². The Kier molecular flexibility index (Phi) is 7.21. The topological polar surface area (TPSA) is 101 Å². The summed E-state index contributed by atoms with van der Waals surface area (Å²) in [6.07, 6.45) is 4.16. The van der Waals surface area contributed by atoms with Crippen LogP contribution in [0.25, 0.3) is 22.3 Å². The molecule has 12 heteroatoms. The molecule has 2 aliphatic rings. The fraction of sp³-hybridized carbons (Fsp3) is 0.469. The number of aryl methyl sites for hydroxylation is 1. The molecule has 2 aliphatic heterocycles. The fourth-order valence-corrected chi connectivity index (χ4v) is 6.29. The zero-order valence-electron chi connectivity index (χ0n) is 26.2. The van der Waals surface area contributed by atoms with Crippen molar-refractivity contribution in [1.29, 1.82) is 0 Å². The number of imidazole rings is 1. The van der Waals surface area contributed by atoms with Crippen LogP contribution >= 0.6 is 0 Å². The van der Waals surface area contributed by atoms with E-state index in [0.717, 1.165) is 30.6 Å². The molecule has 0 spiro atoms. The van der Waals surface area contributed by atoms with E-state index in [2.05, 4.69) is 44.0 Å². The van der Waals surface area contributed by atoms with Gasteiger partial charge in [0, 0.05) is 30.6 Å². The molecule has 232 valence electrons. The van der Waals surface area contributed by atoms with Crippen molar-refractivity contribution in [2.24, 2.45) is 0 Å². The summed E-state index contributed by atoms with van der Waals surface area (Å²) in [4.78, 5) is 34.3. The number of pyridine rings is 1. The van der Waals surface area contributed by atoms with Crippen LogP contribution in [0.15, 0.2) is 36.7 Å². The van der Waals surface area contributed by atoms with Crippen molar-refractivity contribution in [2.75, 3.05) is 23.3 Å². The van der Waals surface area contributed by atoms with Crippen molar-refractivity contribution >= 4 is 34.6 Å². The zero-order valence-corrected chi connectivity index (χ0v) is 26.2. The van der Waals surface area contributed by atoms with E-state index in [4.69, 9.17) is 4.74 Å². The summed E-state index contributed by atoms with van der Waals surface area (Å²) in [7, 11) is 0. The molecular formula is C32H38F2N8O2. The van der Waals surface area contributed by atoms with Gasteiger partial charge in [0.2, 0.25) is 5.95 Å². The Morgan fingerprint density at radius 1 is 1.02 bits per heavy atom. The number of rotatable bonds is 4. The number of aromatic nitrogens is 5. The van der Waals surface area contributed by atoms with E-state index >= 15 is 8.78 Å². The summed E-state index contributed by atoms with van der Waals surface area (Å²) in [5.74, 6) is 0.253. The first kappa shape index (κ1) is 29.7. The van der Waals surface area contributed by atoms with Crippen molar-refractivity contribution in [2.45, 2.75) is 84.5 Å². The molecule has 1 saturated heterocycles. The summed E-state index contributed by atoms with van der Waals surface area (Å²) in [6.45, 7) is 15.0. The number of fused-ring (bicyclic) bond motifs is 3. The van der Waals surface area contributed by atoms with Gasteiger partial charge in [0.05, 0.1) is 35.7 Å². The summed E-state index contributed by atoms with van der Waals surface area (Å²) in [5, 5.41) is 3.03. The number of carbonyl (C=O) groups is 1. The van der Waals surface area contributed by atoms with Crippen molar-refractivity contribution in [3.05, 3.63) is 54.1 Å². The number of nitrogens with one attached hydrogen (secondary N) is 1. The third kappa shape index (κ3) is 5.53. The van der Waals surface area contributed by atoms with E-state index in [0.29, 0.717) is 30.0 Å². The minimum Gasteiger partial charge on any atom is -0.444 e. The minimum atomic E-state index is -0.660. The van der Waals surface area contributed by atoms with Crippen molar-refractivity contribution in [3.8, 4) is 11.3 Å². The summed E-state index contributed by atoms with van der Waals surface area (Å²) >= 11 is 0. The van der Waals surface area contributed by atoms with Crippen molar-refractivity contribution in [3.63, 3.8) is 0 Å². The van der Waals surface area contributed by atoms with Gasteiger partial charge in [0.25, 0.3) is 0 Å². The van der Waals surface area contributed by atoms with Crippen LogP contribution in [0.2, 0.25) is 0 Å². The molecule has 4 aromatic rings. The van der Waals surface area contributed by atoms with Crippen molar-refractivity contribution in [1.82, 2.24) is 29.4 Å². The molecule has 0 aliphatic carbocycles. The first-order chi connectivity index (χ1) is 20.7. The van der Waals surface area contributed by atoms with Gasteiger partial charge >= 0.3 is 6.09 Å². The maximum Gasteiger partial charge on any atom is 0.410 e. The number of carbonyl (C=O) groups excluding carboxylic acids is 1. The molecule has 5 heterocycles. The van der Waals surface area contributed by atoms with Crippen LogP contribution in [0.3, 0.4) is 0 Å². The van der Waals surface area contributed by atoms with E-state index in [1.165, 1.54) is 6.07 Å². The van der Waals surface area contributed by atoms with E-state index in [1.807, 2.05) is 45.3 Å². The summed E-state index contributed by atoms with van der Waals surface area (Å²) < 4.78 is 37.8. The molecule has 10 nitrogen and oxygen atoms in total. The number of halogens is 2. The predicted octanol–water partition coefficient (Wildman–Crippen LogP) is 6.43. The number of hydrogen-bond acceptors (Lipinski definition) is 8. The van der Waals surface area contributed by atoms with E-state index in [9.17, 15) is 4.79 Å². The molecule has 2 atom stereocenters. The smallest absolute Gasteiger partial charge is 0.410 e. The lowest BCUT2D eigenvalue weighted by Crippen LogP contribution is -2.59. The molecule has 44 heavy (non-hydrogen) atoms. The Balaban J connectivity index is 1.19. The summed E-state index contributed by atoms with van der Waals surface area (Å²) in [6, 6.07) is 6.61. The van der Waals surface area contributed by atoms with Crippen LogP contribution in [0.4, 0.5) is 31.0 Å². The molecule has 2 unspecified atom stereocenters. The van der Waals surface area contributed by atoms with Gasteiger partial charge in [-0.2, -0.15) is 0 Å². The highest BCUT2D eigenvalue weighted by Crippen LogP contribution is 2.38. The maximum atomic E-state index is 15.2. The van der Waals surface area contributed by atoms with Crippen LogP contribution in [-0.4, -0.2) is 66.3 Å². The zero-order chi connectivity index (χ0) is 31.6. The lowest BCUT2D eigenvalue weighted by molar-refractivity contribution is 0.00565. The van der Waals surface area contributed by atoms with E-state index < -0.39 is 17.2 Å². The molecular weight excluding hydrogens is 566 g/mol. The van der Waals surface area contributed by atoms with Crippen LogP contribution in [0, 0.1) is 11.6 Å². The first-order valence-electron chi connectivity index (χ1n) is 14.9. The number of ether oxygens (including phenoxy) is 1. The number of amides is 1. The number of nitrogens with zero attached hydrogens (tertiary/aromatic N) is 7. The van der Waals surface area contributed by atoms with Gasteiger partial charge in [-0.25, -0.2) is 33.5 Å². The number of piperazine rings is 1. The lowest BCUT2D eigenvalue weighted by atomic mass is 10.0. The molecule has 1 aromatic carbocycles. The van der Waals surface area contributed by atoms with Gasteiger partial charge in [0.15, 0.2) is 11.6 Å². The highest BCUT2D eigenvalue weighted by molar-refractivity contribution is 5.83. The molecule has 1 fully saturated rings. The second kappa shape index (κ2) is 10.7. The second-order valence-corrected chi connectivity index (χ2v) is 13.4. The number of anilines is 3. The lowest BCUT2D eigenvalue weighted by Gasteiger charge is -2.45. The minimum absolute atomic E-state index is 0.0166. The van der Waals surface area contributed by atoms with E-state index in [-0.39, 0.29) is 40.9 Å². The summed E-state index contributed by atoms with van der Waals surface area (Å²) in [5.41, 5.74) is 1.32. The SMILES string of the molecule is CC1CN(c2ccc(Nc3ncc(F)c(-c4cc(F)c5nc6n(c5c4)C(C)(C)CC6)n3)nc2)CC(C)N1C(=O)OC(C)(C)C. The Morgan fingerprint density at radius 3 is 2.41 bits per heavy atom. The molecule has 3 aromatic heterocycles. The monoisotopic (exact) mass is 604 g/mol. The van der Waals surface area contributed by atoms with Gasteiger partial charge in [-0.3, -0.25) is 4.90 Å². The van der Waals surface area contributed by atoms with Crippen LogP contribution in [0.5, 0.6) is 0 Å². The maximum absolute atomic E-state index is 15.2. The molecule has 1 amide bonds. The Hall–Kier alpha value is -4.35. The third-order valence-electron chi connectivity index (χ3n) is 8.24. The first-order valence-corrected chi connectivity index (χ1v) is 14.9. The largest absolute Gasteiger partial charge is 0.444 e. The van der Waals surface area contributed by atoms with Crippen LogP contribution in [-0.2, 0) is 16.7 Å². The number of benzene rings is 1. The Labute approximate surface area is 255 Å². The quantitative estimate of drug-likeness (QED) is 0.285. The van der Waals surface area contributed by atoms with Crippen LogP contribution < -0.4 is 10.2 Å². The van der Waals surface area contributed by atoms with Gasteiger partial charge in [-0.1, -0.05) is 0 Å². The number of hydrogen-bond donors (Lipinski definition) is 1. The van der Waals surface area contributed by atoms with Gasteiger partial charge in [-0.15, -0.1) is 0 Å². The van der Waals surface area contributed by atoms with Crippen LogP contribution in [0.1, 0.15) is 60.7 Å². The fourth-order valence-electron chi connectivity index (χ4n) is 6.29. The van der Waals surface area contributed by atoms with Gasteiger partial charge in [-0.05, 0) is 79.2 Å². The Morgan fingerprint density at radius 2 is 1.75 bits per heavy atom. The Bertz CT molecular complexity index is 1720.